The standard InChI is InChI=1S/C17H18FNO2/c1-12(17(20)21)14-9-7-13(8-10-14)11-19(2)16-6-4-3-5-15(16)18/h3-10,12H,11H2,1-2H3,(H,20,21). The van der Waals surface area contributed by atoms with Gasteiger partial charge in [-0.05, 0) is 30.2 Å². The van der Waals surface area contributed by atoms with Crippen molar-refractivity contribution < 1.29 is 14.3 Å². The number of halogens is 1. The molecule has 2 aromatic carbocycles. The lowest BCUT2D eigenvalue weighted by molar-refractivity contribution is -0.138. The number of carbonyl (C=O) groups is 1. The third-order valence-corrected chi connectivity index (χ3v) is 3.53. The number of para-hydroxylation sites is 1. The van der Waals surface area contributed by atoms with Crippen LogP contribution >= 0.6 is 0 Å². The molecule has 21 heavy (non-hydrogen) atoms. The van der Waals surface area contributed by atoms with E-state index >= 15 is 0 Å². The molecule has 0 saturated heterocycles. The van der Waals surface area contributed by atoms with Gasteiger partial charge < -0.3 is 10.0 Å². The highest BCUT2D eigenvalue weighted by Gasteiger charge is 2.13. The minimum atomic E-state index is -0.841. The summed E-state index contributed by atoms with van der Waals surface area (Å²) in [6, 6.07) is 14.0. The molecule has 0 saturated carbocycles. The first kappa shape index (κ1) is 15.0. The van der Waals surface area contributed by atoms with E-state index in [0.717, 1.165) is 11.1 Å². The third-order valence-electron chi connectivity index (χ3n) is 3.53. The Morgan fingerprint density at radius 2 is 1.81 bits per heavy atom. The van der Waals surface area contributed by atoms with Gasteiger partial charge in [-0.25, -0.2) is 4.39 Å². The van der Waals surface area contributed by atoms with Crippen LogP contribution in [0, 0.1) is 5.82 Å². The summed E-state index contributed by atoms with van der Waals surface area (Å²) in [4.78, 5) is 12.8. The van der Waals surface area contributed by atoms with Gasteiger partial charge >= 0.3 is 5.97 Å². The van der Waals surface area contributed by atoms with Crippen molar-refractivity contribution in [2.24, 2.45) is 0 Å². The number of nitrogens with zero attached hydrogens (tertiary/aromatic N) is 1. The zero-order chi connectivity index (χ0) is 15.4. The summed E-state index contributed by atoms with van der Waals surface area (Å²) >= 11 is 0. The maximum Gasteiger partial charge on any atom is 0.310 e. The van der Waals surface area contributed by atoms with Gasteiger partial charge in [0.2, 0.25) is 0 Å². The zero-order valence-corrected chi connectivity index (χ0v) is 12.1. The lowest BCUT2D eigenvalue weighted by Crippen LogP contribution is -2.17. The topological polar surface area (TPSA) is 40.5 Å². The lowest BCUT2D eigenvalue weighted by Gasteiger charge is -2.20. The van der Waals surface area contributed by atoms with E-state index in [1.807, 2.05) is 36.2 Å². The molecule has 0 bridgehead atoms. The summed E-state index contributed by atoms with van der Waals surface area (Å²) in [6.45, 7) is 2.21. The van der Waals surface area contributed by atoms with Crippen LogP contribution in [0.4, 0.5) is 10.1 Å². The van der Waals surface area contributed by atoms with Crippen molar-refractivity contribution in [3.63, 3.8) is 0 Å². The van der Waals surface area contributed by atoms with Gasteiger partial charge in [0, 0.05) is 13.6 Å². The second kappa shape index (κ2) is 6.39. The number of rotatable bonds is 5. The molecule has 110 valence electrons. The van der Waals surface area contributed by atoms with E-state index in [2.05, 4.69) is 0 Å². The van der Waals surface area contributed by atoms with Crippen molar-refractivity contribution in [1.29, 1.82) is 0 Å². The molecule has 0 aliphatic carbocycles. The van der Waals surface area contributed by atoms with Crippen LogP contribution < -0.4 is 4.90 Å². The molecule has 3 nitrogen and oxygen atoms in total. The number of hydrogen-bond donors (Lipinski definition) is 1. The number of hydrogen-bond acceptors (Lipinski definition) is 2. The Morgan fingerprint density at radius 3 is 2.38 bits per heavy atom. The Labute approximate surface area is 123 Å². The molecule has 0 fully saturated rings. The van der Waals surface area contributed by atoms with Crippen LogP contribution in [-0.4, -0.2) is 18.1 Å². The molecule has 1 N–H and O–H groups in total. The van der Waals surface area contributed by atoms with Gasteiger partial charge in [-0.15, -0.1) is 0 Å². The van der Waals surface area contributed by atoms with E-state index in [0.29, 0.717) is 12.2 Å². The molecule has 4 heteroatoms. The van der Waals surface area contributed by atoms with Crippen molar-refractivity contribution >= 4 is 11.7 Å². The minimum Gasteiger partial charge on any atom is -0.481 e. The summed E-state index contributed by atoms with van der Waals surface area (Å²) < 4.78 is 13.7. The van der Waals surface area contributed by atoms with Crippen molar-refractivity contribution in [1.82, 2.24) is 0 Å². The molecule has 0 aliphatic rings. The number of anilines is 1. The molecular weight excluding hydrogens is 269 g/mol. The second-order valence-corrected chi connectivity index (χ2v) is 5.11. The highest BCUT2D eigenvalue weighted by atomic mass is 19.1. The first-order valence-corrected chi connectivity index (χ1v) is 6.76. The maximum absolute atomic E-state index is 13.7. The van der Waals surface area contributed by atoms with E-state index < -0.39 is 11.9 Å². The average molecular weight is 287 g/mol. The molecule has 2 aromatic rings. The average Bonchev–Trinajstić information content (AvgIpc) is 2.47. The lowest BCUT2D eigenvalue weighted by atomic mass is 10.00. The third kappa shape index (κ3) is 3.60. The van der Waals surface area contributed by atoms with Crippen LogP contribution in [-0.2, 0) is 11.3 Å². The summed E-state index contributed by atoms with van der Waals surface area (Å²) in [5.74, 6) is -1.62. The smallest absolute Gasteiger partial charge is 0.310 e. The highest BCUT2D eigenvalue weighted by molar-refractivity contribution is 5.75. The Hall–Kier alpha value is -2.36. The number of aliphatic carboxylic acids is 1. The Kier molecular flexibility index (Phi) is 4.58. The summed E-state index contributed by atoms with van der Waals surface area (Å²) in [5.41, 5.74) is 2.31. The second-order valence-electron chi connectivity index (χ2n) is 5.11. The molecule has 0 heterocycles. The normalized spacial score (nSPS) is 12.0. The Morgan fingerprint density at radius 1 is 1.19 bits per heavy atom. The molecule has 0 radical (unpaired) electrons. The van der Waals surface area contributed by atoms with Crippen LogP contribution in [0.3, 0.4) is 0 Å². The fraction of sp³-hybridized carbons (Fsp3) is 0.235. The van der Waals surface area contributed by atoms with E-state index in [1.165, 1.54) is 6.07 Å². The molecule has 0 aromatic heterocycles. The minimum absolute atomic E-state index is 0.254. The fourth-order valence-corrected chi connectivity index (χ4v) is 2.17. The Bertz CT molecular complexity index is 625. The van der Waals surface area contributed by atoms with Gasteiger partial charge in [0.15, 0.2) is 0 Å². The molecule has 0 amide bonds. The van der Waals surface area contributed by atoms with Gasteiger partial charge in [0.1, 0.15) is 5.82 Å². The zero-order valence-electron chi connectivity index (χ0n) is 12.1. The SMILES string of the molecule is CC(C(=O)O)c1ccc(CN(C)c2ccccc2F)cc1. The van der Waals surface area contributed by atoms with Crippen molar-refractivity contribution in [2.75, 3.05) is 11.9 Å². The quantitative estimate of drug-likeness (QED) is 0.912. The van der Waals surface area contributed by atoms with E-state index in [1.54, 1.807) is 25.1 Å². The van der Waals surface area contributed by atoms with Crippen LogP contribution in [0.5, 0.6) is 0 Å². The first-order valence-electron chi connectivity index (χ1n) is 6.76. The number of carboxylic acid groups (broad SMARTS) is 1. The Balaban J connectivity index is 2.10. The van der Waals surface area contributed by atoms with E-state index in [-0.39, 0.29) is 5.82 Å². The van der Waals surface area contributed by atoms with Gasteiger partial charge in [-0.3, -0.25) is 4.79 Å². The van der Waals surface area contributed by atoms with Gasteiger partial charge in [0.25, 0.3) is 0 Å². The van der Waals surface area contributed by atoms with Gasteiger partial charge in [-0.2, -0.15) is 0 Å². The van der Waals surface area contributed by atoms with Crippen molar-refractivity contribution in [2.45, 2.75) is 19.4 Å². The van der Waals surface area contributed by atoms with E-state index in [9.17, 15) is 9.18 Å². The van der Waals surface area contributed by atoms with Crippen molar-refractivity contribution in [3.05, 3.63) is 65.5 Å². The van der Waals surface area contributed by atoms with Crippen molar-refractivity contribution in [3.8, 4) is 0 Å². The predicted molar refractivity (Wildman–Crippen MR) is 81.0 cm³/mol. The number of carboxylic acids is 1. The molecule has 0 spiro atoms. The molecule has 0 aliphatic heterocycles. The van der Waals surface area contributed by atoms with Gasteiger partial charge in [-0.1, -0.05) is 36.4 Å². The fourth-order valence-electron chi connectivity index (χ4n) is 2.17. The van der Waals surface area contributed by atoms with Crippen LogP contribution in [0.25, 0.3) is 0 Å². The van der Waals surface area contributed by atoms with Crippen LogP contribution in [0.15, 0.2) is 48.5 Å². The molecule has 1 unspecified atom stereocenters. The summed E-state index contributed by atoms with van der Waals surface area (Å²) in [6.07, 6.45) is 0. The highest BCUT2D eigenvalue weighted by Crippen LogP contribution is 2.21. The summed E-state index contributed by atoms with van der Waals surface area (Å²) in [7, 11) is 1.83. The molecular formula is C17H18FNO2. The largest absolute Gasteiger partial charge is 0.481 e. The molecule has 2 rings (SSSR count). The monoisotopic (exact) mass is 287 g/mol. The first-order chi connectivity index (χ1) is 9.99. The van der Waals surface area contributed by atoms with E-state index in [4.69, 9.17) is 5.11 Å². The van der Waals surface area contributed by atoms with Crippen LogP contribution in [0.2, 0.25) is 0 Å². The maximum atomic E-state index is 13.7. The summed E-state index contributed by atoms with van der Waals surface area (Å²) in [5, 5.41) is 8.98. The number of benzene rings is 2. The molecule has 1 atom stereocenters. The van der Waals surface area contributed by atoms with Crippen LogP contribution in [0.1, 0.15) is 24.0 Å². The van der Waals surface area contributed by atoms with Gasteiger partial charge in [0.05, 0.1) is 11.6 Å². The predicted octanol–water partition coefficient (Wildman–Crippen LogP) is 3.65.